The zero-order chi connectivity index (χ0) is 43.6. The Morgan fingerprint density at radius 2 is 0.636 bits per heavy atom. The lowest BCUT2D eigenvalue weighted by molar-refractivity contribution is 1.07. The summed E-state index contributed by atoms with van der Waals surface area (Å²) in [6, 6.07) is 84.2. The van der Waals surface area contributed by atoms with Crippen LogP contribution in [0.1, 0.15) is 0 Å². The van der Waals surface area contributed by atoms with Crippen molar-refractivity contribution < 1.29 is 0 Å². The number of rotatable bonds is 7. The SMILES string of the molecule is c1ccc(-c2nc(-c3ccccc3)nc(-c3ccc(-n4c5ccccc5c5cc(-c6ccc(-c7ccc8c(c7)c7ccccc7n8-c7cccc8ccccc78)cc6)ccc54)cc3)n2)cc1. The van der Waals surface area contributed by atoms with E-state index in [1.165, 1.54) is 71.3 Å². The lowest BCUT2D eigenvalue weighted by atomic mass is 9.98. The van der Waals surface area contributed by atoms with Crippen LogP contribution in [0.15, 0.2) is 237 Å². The zero-order valence-corrected chi connectivity index (χ0v) is 35.8. The lowest BCUT2D eigenvalue weighted by Crippen LogP contribution is -2.00. The Morgan fingerprint density at radius 1 is 0.242 bits per heavy atom. The molecule has 0 radical (unpaired) electrons. The standard InChI is InChI=1S/C61H39N5/c1-3-15-43(16-4-1)59-62-60(44-17-5-2-6-18-44)64-61(63-59)45-30-34-48(35-31-45)65-55-23-11-9-21-50(55)52-38-46(32-36-57(52)65)40-26-28-41(29-27-40)47-33-37-58-53(39-47)51-22-10-12-24-56(51)66(58)54-25-13-19-42-14-7-8-20-49(42)54/h1-39H. The van der Waals surface area contributed by atoms with Crippen molar-refractivity contribution in [2.24, 2.45) is 0 Å². The van der Waals surface area contributed by atoms with E-state index in [4.69, 9.17) is 15.0 Å². The summed E-state index contributed by atoms with van der Waals surface area (Å²) in [5, 5.41) is 7.40. The monoisotopic (exact) mass is 841 g/mol. The van der Waals surface area contributed by atoms with Crippen LogP contribution in [0, 0.1) is 0 Å². The van der Waals surface area contributed by atoms with Crippen molar-refractivity contribution in [1.29, 1.82) is 0 Å². The molecule has 0 aliphatic carbocycles. The minimum Gasteiger partial charge on any atom is -0.309 e. The van der Waals surface area contributed by atoms with E-state index in [2.05, 4.69) is 185 Å². The Morgan fingerprint density at radius 3 is 1.20 bits per heavy atom. The second kappa shape index (κ2) is 15.4. The van der Waals surface area contributed by atoms with Crippen molar-refractivity contribution >= 4 is 54.4 Å². The summed E-state index contributed by atoms with van der Waals surface area (Å²) in [5.41, 5.74) is 14.6. The Hall–Kier alpha value is -8.93. The fourth-order valence-corrected chi connectivity index (χ4v) is 9.80. The average molecular weight is 842 g/mol. The molecule has 3 heterocycles. The first-order chi connectivity index (χ1) is 32.7. The summed E-state index contributed by atoms with van der Waals surface area (Å²) in [7, 11) is 0. The molecule has 0 saturated heterocycles. The van der Waals surface area contributed by atoms with Crippen molar-refractivity contribution in [2.45, 2.75) is 0 Å². The molecule has 66 heavy (non-hydrogen) atoms. The molecule has 0 aliphatic heterocycles. The Kier molecular flexibility index (Phi) is 8.78. The molecule has 3 aromatic heterocycles. The van der Waals surface area contributed by atoms with Gasteiger partial charge < -0.3 is 9.13 Å². The van der Waals surface area contributed by atoms with E-state index in [1.54, 1.807) is 0 Å². The number of para-hydroxylation sites is 2. The molecule has 0 aliphatic rings. The number of aromatic nitrogens is 5. The van der Waals surface area contributed by atoms with Gasteiger partial charge in [-0.05, 0) is 94.4 Å². The fourth-order valence-electron chi connectivity index (χ4n) is 9.80. The van der Waals surface area contributed by atoms with Gasteiger partial charge in [-0.3, -0.25) is 0 Å². The van der Waals surface area contributed by atoms with E-state index in [0.29, 0.717) is 17.5 Å². The molecule has 0 unspecified atom stereocenters. The lowest BCUT2D eigenvalue weighted by Gasteiger charge is -2.12. The van der Waals surface area contributed by atoms with Gasteiger partial charge in [0.05, 0.1) is 27.8 Å². The summed E-state index contributed by atoms with van der Waals surface area (Å²) in [6.45, 7) is 0. The van der Waals surface area contributed by atoms with Crippen LogP contribution >= 0.6 is 0 Å². The van der Waals surface area contributed by atoms with Crippen molar-refractivity contribution in [3.63, 3.8) is 0 Å². The van der Waals surface area contributed by atoms with Crippen LogP contribution in [-0.4, -0.2) is 24.1 Å². The highest BCUT2D eigenvalue weighted by Gasteiger charge is 2.18. The van der Waals surface area contributed by atoms with Gasteiger partial charge in [0.25, 0.3) is 0 Å². The van der Waals surface area contributed by atoms with Gasteiger partial charge in [0.2, 0.25) is 0 Å². The number of hydrogen-bond acceptors (Lipinski definition) is 3. The maximum Gasteiger partial charge on any atom is 0.164 e. The van der Waals surface area contributed by atoms with E-state index in [0.717, 1.165) is 33.4 Å². The Bertz CT molecular complexity index is 3900. The summed E-state index contributed by atoms with van der Waals surface area (Å²) < 4.78 is 4.77. The molecule has 0 fully saturated rings. The fraction of sp³-hybridized carbons (Fsp3) is 0. The van der Waals surface area contributed by atoms with Crippen LogP contribution in [0.4, 0.5) is 0 Å². The van der Waals surface area contributed by atoms with E-state index in [9.17, 15) is 0 Å². The quantitative estimate of drug-likeness (QED) is 0.161. The first-order valence-electron chi connectivity index (χ1n) is 22.3. The molecule has 0 spiro atoms. The summed E-state index contributed by atoms with van der Waals surface area (Å²) in [6.07, 6.45) is 0. The van der Waals surface area contributed by atoms with E-state index >= 15 is 0 Å². The maximum absolute atomic E-state index is 4.97. The summed E-state index contributed by atoms with van der Waals surface area (Å²) >= 11 is 0. The normalized spacial score (nSPS) is 11.6. The molecule has 5 nitrogen and oxygen atoms in total. The third kappa shape index (κ3) is 6.28. The van der Waals surface area contributed by atoms with Crippen LogP contribution < -0.4 is 0 Å². The van der Waals surface area contributed by atoms with Gasteiger partial charge >= 0.3 is 0 Å². The minimum atomic E-state index is 0.636. The van der Waals surface area contributed by atoms with E-state index < -0.39 is 0 Å². The smallest absolute Gasteiger partial charge is 0.164 e. The van der Waals surface area contributed by atoms with Gasteiger partial charge in [-0.1, -0.05) is 170 Å². The predicted molar refractivity (Wildman–Crippen MR) is 273 cm³/mol. The van der Waals surface area contributed by atoms with Crippen LogP contribution in [-0.2, 0) is 0 Å². The molecule has 13 rings (SSSR count). The highest BCUT2D eigenvalue weighted by Crippen LogP contribution is 2.39. The Labute approximate surface area is 381 Å². The second-order valence-electron chi connectivity index (χ2n) is 16.8. The van der Waals surface area contributed by atoms with Gasteiger partial charge in [0.15, 0.2) is 17.5 Å². The Balaban J connectivity index is 0.842. The molecule has 13 aromatic rings. The average Bonchev–Trinajstić information content (AvgIpc) is 3.91. The molecular formula is C61H39N5. The van der Waals surface area contributed by atoms with Crippen LogP contribution in [0.2, 0.25) is 0 Å². The molecular weight excluding hydrogens is 803 g/mol. The molecule has 5 heteroatoms. The predicted octanol–water partition coefficient (Wildman–Crippen LogP) is 15.6. The number of nitrogens with zero attached hydrogens (tertiary/aromatic N) is 5. The highest BCUT2D eigenvalue weighted by atomic mass is 15.0. The molecule has 308 valence electrons. The van der Waals surface area contributed by atoms with E-state index in [1.807, 2.05) is 60.7 Å². The van der Waals surface area contributed by atoms with Gasteiger partial charge in [-0.25, -0.2) is 15.0 Å². The first-order valence-corrected chi connectivity index (χ1v) is 22.3. The number of hydrogen-bond donors (Lipinski definition) is 0. The minimum absolute atomic E-state index is 0.636. The van der Waals surface area contributed by atoms with Crippen LogP contribution in [0.5, 0.6) is 0 Å². The third-order valence-electron chi connectivity index (χ3n) is 13.0. The van der Waals surface area contributed by atoms with Crippen molar-refractivity contribution in [3.05, 3.63) is 237 Å². The topological polar surface area (TPSA) is 48.5 Å². The third-order valence-corrected chi connectivity index (χ3v) is 13.0. The molecule has 0 N–H and O–H groups in total. The van der Waals surface area contributed by atoms with Gasteiger partial charge in [-0.15, -0.1) is 0 Å². The molecule has 0 atom stereocenters. The largest absolute Gasteiger partial charge is 0.309 e. The number of benzene rings is 10. The summed E-state index contributed by atoms with van der Waals surface area (Å²) in [4.78, 5) is 14.8. The van der Waals surface area contributed by atoms with Crippen molar-refractivity contribution in [2.75, 3.05) is 0 Å². The van der Waals surface area contributed by atoms with Gasteiger partial charge in [0, 0.05) is 49.3 Å². The number of fused-ring (bicyclic) bond motifs is 7. The molecule has 0 saturated carbocycles. The van der Waals surface area contributed by atoms with Gasteiger partial charge in [-0.2, -0.15) is 0 Å². The molecule has 0 amide bonds. The van der Waals surface area contributed by atoms with Gasteiger partial charge in [0.1, 0.15) is 0 Å². The molecule has 0 bridgehead atoms. The van der Waals surface area contributed by atoms with Crippen molar-refractivity contribution in [3.8, 4) is 67.8 Å². The maximum atomic E-state index is 4.97. The molecule has 10 aromatic carbocycles. The van der Waals surface area contributed by atoms with Crippen LogP contribution in [0.3, 0.4) is 0 Å². The van der Waals surface area contributed by atoms with Crippen molar-refractivity contribution in [1.82, 2.24) is 24.1 Å². The first kappa shape index (κ1) is 37.6. The summed E-state index contributed by atoms with van der Waals surface area (Å²) in [5.74, 6) is 1.93. The zero-order valence-electron chi connectivity index (χ0n) is 35.8. The highest BCUT2D eigenvalue weighted by molar-refractivity contribution is 6.12. The van der Waals surface area contributed by atoms with Crippen LogP contribution in [0.25, 0.3) is 122 Å². The van der Waals surface area contributed by atoms with E-state index in [-0.39, 0.29) is 0 Å². The second-order valence-corrected chi connectivity index (χ2v) is 16.8.